The fourth-order valence-corrected chi connectivity index (χ4v) is 0.771. The summed E-state index contributed by atoms with van der Waals surface area (Å²) in [5, 5.41) is 4.27. The minimum absolute atomic E-state index is 0.268. The minimum Gasteiger partial charge on any atom is -0.383 e. The first-order valence-corrected chi connectivity index (χ1v) is 4.34. The van der Waals surface area contributed by atoms with Crippen LogP contribution < -0.4 is 10.6 Å². The Labute approximate surface area is 86.2 Å². The topological polar surface area (TPSA) is 67.4 Å². The summed E-state index contributed by atoms with van der Waals surface area (Å²) in [5.41, 5.74) is 0. The van der Waals surface area contributed by atoms with Crippen molar-refractivity contribution >= 4 is 11.8 Å². The summed E-state index contributed by atoms with van der Waals surface area (Å²) in [6.45, 7) is 1.91. The van der Waals surface area contributed by atoms with E-state index in [0.29, 0.717) is 6.61 Å². The molecule has 2 amide bonds. The normalized spacial score (nSPS) is 12.3. The molecule has 0 aromatic heterocycles. The number of alkyl halides is 2. The SMILES string of the molecule is COCCNC(=O)C(C)NC(=O)C(F)F. The highest BCUT2D eigenvalue weighted by Crippen LogP contribution is 1.92. The van der Waals surface area contributed by atoms with Crippen molar-refractivity contribution in [1.82, 2.24) is 10.6 Å². The largest absolute Gasteiger partial charge is 0.383 e. The molecule has 7 heteroatoms. The van der Waals surface area contributed by atoms with Crippen molar-refractivity contribution in [2.75, 3.05) is 20.3 Å². The molecule has 88 valence electrons. The molecule has 1 atom stereocenters. The van der Waals surface area contributed by atoms with Gasteiger partial charge in [0.15, 0.2) is 0 Å². The van der Waals surface area contributed by atoms with Crippen molar-refractivity contribution in [3.63, 3.8) is 0 Å². The third kappa shape index (κ3) is 5.95. The molecule has 0 aromatic carbocycles. The second kappa shape index (κ2) is 7.10. The number of carbonyl (C=O) groups excluding carboxylic acids is 2. The molecular formula is C8H14F2N2O3. The maximum absolute atomic E-state index is 11.8. The Hall–Kier alpha value is -1.24. The molecule has 0 bridgehead atoms. The van der Waals surface area contributed by atoms with E-state index in [9.17, 15) is 18.4 Å². The molecule has 0 saturated carbocycles. The third-order valence-corrected chi connectivity index (χ3v) is 1.56. The summed E-state index contributed by atoms with van der Waals surface area (Å²) in [6, 6.07) is -0.983. The van der Waals surface area contributed by atoms with Crippen molar-refractivity contribution in [2.45, 2.75) is 19.4 Å². The number of ether oxygens (including phenoxy) is 1. The predicted octanol–water partition coefficient (Wildman–Crippen LogP) is -0.481. The second-order valence-corrected chi connectivity index (χ2v) is 2.81. The van der Waals surface area contributed by atoms with Gasteiger partial charge in [-0.15, -0.1) is 0 Å². The van der Waals surface area contributed by atoms with Crippen molar-refractivity contribution in [2.24, 2.45) is 0 Å². The van der Waals surface area contributed by atoms with E-state index in [4.69, 9.17) is 0 Å². The molecule has 0 radical (unpaired) electrons. The predicted molar refractivity (Wildman–Crippen MR) is 48.5 cm³/mol. The van der Waals surface area contributed by atoms with Crippen LogP contribution in [-0.2, 0) is 14.3 Å². The zero-order valence-electron chi connectivity index (χ0n) is 8.55. The van der Waals surface area contributed by atoms with Gasteiger partial charge in [-0.3, -0.25) is 9.59 Å². The van der Waals surface area contributed by atoms with Gasteiger partial charge in [-0.1, -0.05) is 0 Å². The van der Waals surface area contributed by atoms with Crippen LogP contribution in [0.5, 0.6) is 0 Å². The molecule has 0 rings (SSSR count). The number of carbonyl (C=O) groups is 2. The lowest BCUT2D eigenvalue weighted by Gasteiger charge is -2.13. The summed E-state index contributed by atoms with van der Waals surface area (Å²) in [6.07, 6.45) is -3.11. The third-order valence-electron chi connectivity index (χ3n) is 1.56. The van der Waals surface area contributed by atoms with E-state index < -0.39 is 24.3 Å². The lowest BCUT2D eigenvalue weighted by atomic mass is 10.3. The number of hydrogen-bond acceptors (Lipinski definition) is 3. The van der Waals surface area contributed by atoms with Gasteiger partial charge in [0.05, 0.1) is 6.61 Å². The van der Waals surface area contributed by atoms with Crippen molar-refractivity contribution in [3.05, 3.63) is 0 Å². The van der Waals surface area contributed by atoms with Crippen LogP contribution in [0.15, 0.2) is 0 Å². The van der Waals surface area contributed by atoms with Crippen LogP contribution in [0.3, 0.4) is 0 Å². The molecule has 0 aromatic rings. The van der Waals surface area contributed by atoms with Gasteiger partial charge < -0.3 is 15.4 Å². The van der Waals surface area contributed by atoms with Crippen LogP contribution >= 0.6 is 0 Å². The fourth-order valence-electron chi connectivity index (χ4n) is 0.771. The maximum Gasteiger partial charge on any atom is 0.315 e. The number of halogens is 2. The zero-order valence-corrected chi connectivity index (χ0v) is 8.55. The van der Waals surface area contributed by atoms with E-state index in [1.54, 1.807) is 0 Å². The number of amides is 2. The number of nitrogens with one attached hydrogen (secondary N) is 2. The van der Waals surface area contributed by atoms with Crippen LogP contribution in [0.2, 0.25) is 0 Å². The standard InChI is InChI=1S/C8H14F2N2O3/c1-5(12-8(14)6(9)10)7(13)11-3-4-15-2/h5-6H,3-4H2,1-2H3,(H,11,13)(H,12,14). The summed E-state index contributed by atoms with van der Waals surface area (Å²) in [4.78, 5) is 21.7. The summed E-state index contributed by atoms with van der Waals surface area (Å²) < 4.78 is 28.3. The first kappa shape index (κ1) is 13.8. The monoisotopic (exact) mass is 224 g/mol. The molecule has 0 heterocycles. The van der Waals surface area contributed by atoms with Crippen LogP contribution in [0, 0.1) is 0 Å². The Bertz CT molecular complexity index is 224. The van der Waals surface area contributed by atoms with Gasteiger partial charge >= 0.3 is 6.43 Å². The van der Waals surface area contributed by atoms with Crippen LogP contribution in [0.25, 0.3) is 0 Å². The molecule has 5 nitrogen and oxygen atoms in total. The van der Waals surface area contributed by atoms with Gasteiger partial charge in [-0.05, 0) is 6.92 Å². The van der Waals surface area contributed by atoms with E-state index in [1.807, 2.05) is 5.32 Å². The quantitative estimate of drug-likeness (QED) is 0.599. The van der Waals surface area contributed by atoms with Gasteiger partial charge in [-0.25, -0.2) is 0 Å². The molecule has 0 aliphatic heterocycles. The number of hydrogen-bond donors (Lipinski definition) is 2. The second-order valence-electron chi connectivity index (χ2n) is 2.81. The molecule has 1 unspecified atom stereocenters. The highest BCUT2D eigenvalue weighted by Gasteiger charge is 2.20. The smallest absolute Gasteiger partial charge is 0.315 e. The molecule has 2 N–H and O–H groups in total. The highest BCUT2D eigenvalue weighted by atomic mass is 19.3. The maximum atomic E-state index is 11.8. The molecule has 0 aliphatic carbocycles. The van der Waals surface area contributed by atoms with Gasteiger partial charge in [0.2, 0.25) is 5.91 Å². The van der Waals surface area contributed by atoms with Crippen LogP contribution in [-0.4, -0.2) is 44.5 Å². The molecule has 0 saturated heterocycles. The van der Waals surface area contributed by atoms with E-state index >= 15 is 0 Å². The van der Waals surface area contributed by atoms with Gasteiger partial charge in [0, 0.05) is 13.7 Å². The van der Waals surface area contributed by atoms with Crippen LogP contribution in [0.1, 0.15) is 6.92 Å². The molecular weight excluding hydrogens is 210 g/mol. The fraction of sp³-hybridized carbons (Fsp3) is 0.750. The van der Waals surface area contributed by atoms with Gasteiger partial charge in [0.1, 0.15) is 6.04 Å². The first-order chi connectivity index (χ1) is 6.99. The van der Waals surface area contributed by atoms with E-state index in [2.05, 4.69) is 10.1 Å². The highest BCUT2D eigenvalue weighted by molar-refractivity contribution is 5.88. The summed E-state index contributed by atoms with van der Waals surface area (Å²) in [7, 11) is 1.47. The summed E-state index contributed by atoms with van der Waals surface area (Å²) >= 11 is 0. The zero-order chi connectivity index (χ0) is 11.8. The van der Waals surface area contributed by atoms with Gasteiger partial charge in [-0.2, -0.15) is 8.78 Å². The van der Waals surface area contributed by atoms with Gasteiger partial charge in [0.25, 0.3) is 5.91 Å². The molecule has 0 fully saturated rings. The summed E-state index contributed by atoms with van der Waals surface area (Å²) in [5.74, 6) is -1.98. The lowest BCUT2D eigenvalue weighted by Crippen LogP contribution is -2.47. The Morgan fingerprint density at radius 2 is 1.93 bits per heavy atom. The van der Waals surface area contributed by atoms with E-state index in [1.165, 1.54) is 14.0 Å². The Kier molecular flexibility index (Phi) is 6.52. The lowest BCUT2D eigenvalue weighted by molar-refractivity contribution is -0.135. The Balaban J connectivity index is 3.83. The van der Waals surface area contributed by atoms with Crippen molar-refractivity contribution < 1.29 is 23.1 Å². The average molecular weight is 224 g/mol. The number of rotatable bonds is 6. The minimum atomic E-state index is -3.11. The van der Waals surface area contributed by atoms with Crippen molar-refractivity contribution in [1.29, 1.82) is 0 Å². The average Bonchev–Trinajstić information content (AvgIpc) is 2.17. The number of methoxy groups -OCH3 is 1. The Morgan fingerprint density at radius 1 is 1.33 bits per heavy atom. The molecule has 15 heavy (non-hydrogen) atoms. The molecule has 0 spiro atoms. The van der Waals surface area contributed by atoms with Crippen LogP contribution in [0.4, 0.5) is 8.78 Å². The van der Waals surface area contributed by atoms with Crippen molar-refractivity contribution in [3.8, 4) is 0 Å². The molecule has 0 aliphatic rings. The van der Waals surface area contributed by atoms with E-state index in [0.717, 1.165) is 0 Å². The van der Waals surface area contributed by atoms with E-state index in [-0.39, 0.29) is 6.54 Å². The first-order valence-electron chi connectivity index (χ1n) is 4.34. The Morgan fingerprint density at radius 3 is 2.40 bits per heavy atom.